The van der Waals surface area contributed by atoms with E-state index in [0.29, 0.717) is 23.7 Å². The zero-order valence-corrected chi connectivity index (χ0v) is 36.7. The van der Waals surface area contributed by atoms with Gasteiger partial charge in [-0.3, -0.25) is 0 Å². The highest BCUT2D eigenvalue weighted by Gasteiger charge is 2.16. The second-order valence-electron chi connectivity index (χ2n) is 16.1. The van der Waals surface area contributed by atoms with Crippen LogP contribution in [0.15, 0.2) is 63.4 Å². The number of benzene rings is 3. The third kappa shape index (κ3) is 9.07. The summed E-state index contributed by atoms with van der Waals surface area (Å²) >= 11 is 7.62. The summed E-state index contributed by atoms with van der Waals surface area (Å²) in [5, 5.41) is 5.43. The summed E-state index contributed by atoms with van der Waals surface area (Å²) in [6, 6.07) is 20.1. The van der Waals surface area contributed by atoms with Crippen molar-refractivity contribution in [3.8, 4) is 0 Å². The first-order valence-electron chi connectivity index (χ1n) is 19.1. The van der Waals surface area contributed by atoms with Gasteiger partial charge in [-0.2, -0.15) is 0 Å². The minimum atomic E-state index is 0. The maximum atomic E-state index is 5.71. The Kier molecular flexibility index (Phi) is 13.6. The van der Waals surface area contributed by atoms with Crippen molar-refractivity contribution in [2.24, 2.45) is 0 Å². The molecule has 0 aliphatic rings. The van der Waals surface area contributed by atoms with Gasteiger partial charge in [-0.05, 0) is 76.4 Å². The molecule has 0 saturated carbocycles. The van der Waals surface area contributed by atoms with Crippen LogP contribution in [0, 0.1) is 0 Å². The summed E-state index contributed by atoms with van der Waals surface area (Å²) in [6.07, 6.45) is 0. The number of aromatic nitrogens is 3. The van der Waals surface area contributed by atoms with E-state index in [1.807, 2.05) is 57.5 Å². The van der Waals surface area contributed by atoms with Gasteiger partial charge in [0, 0.05) is 58.6 Å². The van der Waals surface area contributed by atoms with Crippen molar-refractivity contribution in [3.05, 3.63) is 86.0 Å². The summed E-state index contributed by atoms with van der Waals surface area (Å²) in [5.74, 6) is 4.46. The Balaban J connectivity index is 0.000000158. The van der Waals surface area contributed by atoms with Gasteiger partial charge in [0.05, 0.1) is 15.2 Å². The first kappa shape index (κ1) is 43.5. The molecule has 5 nitrogen and oxygen atoms in total. The van der Waals surface area contributed by atoms with Gasteiger partial charge in [0.1, 0.15) is 11.0 Å². The number of fused-ring (bicyclic) bond motifs is 6. The van der Waals surface area contributed by atoms with Crippen LogP contribution in [-0.2, 0) is 0 Å². The quantitative estimate of drug-likeness (QED) is 0.167. The molecule has 6 heterocycles. The molecule has 0 atom stereocenters. The van der Waals surface area contributed by atoms with E-state index in [2.05, 4.69) is 136 Å². The predicted molar refractivity (Wildman–Crippen MR) is 252 cm³/mol. The van der Waals surface area contributed by atoms with E-state index in [0.717, 1.165) is 39.5 Å². The maximum absolute atomic E-state index is 5.71. The second-order valence-corrected chi connectivity index (χ2v) is 20.5. The number of oxazole rings is 2. The molecule has 0 N–H and O–H groups in total. The Bertz CT molecular complexity index is 2090. The van der Waals surface area contributed by atoms with Gasteiger partial charge in [-0.1, -0.05) is 97.9 Å². The van der Waals surface area contributed by atoms with Gasteiger partial charge in [-0.25, -0.2) is 15.0 Å². The SMILES string of the molecule is C.C.CC(C)c1cc2cc3sc(C(C)C)cc3cc2s1.CC(C)c1cc2cc3sc(C(C)C)nc3cc2s1.CC(C)c1nc2cc3oc(C(C)C)nc3cc2o1. The van der Waals surface area contributed by atoms with Crippen molar-refractivity contribution >= 4 is 108 Å². The Morgan fingerprint density at radius 2 is 0.750 bits per heavy atom. The van der Waals surface area contributed by atoms with E-state index in [9.17, 15) is 0 Å². The zero-order valence-electron chi connectivity index (χ0n) is 33.5. The fraction of sp³-hybridized carbons (Fsp3) is 0.426. The molecule has 0 bridgehead atoms. The number of hydrogen-bond donors (Lipinski definition) is 0. The Morgan fingerprint density at radius 1 is 0.375 bits per heavy atom. The lowest BCUT2D eigenvalue weighted by Crippen LogP contribution is -1.84. The van der Waals surface area contributed by atoms with E-state index >= 15 is 0 Å². The van der Waals surface area contributed by atoms with Crippen LogP contribution in [-0.4, -0.2) is 15.0 Å². The highest BCUT2D eigenvalue weighted by molar-refractivity contribution is 7.21. The van der Waals surface area contributed by atoms with Gasteiger partial charge in [0.25, 0.3) is 0 Å². The highest BCUT2D eigenvalue weighted by atomic mass is 32.1. The zero-order chi connectivity index (χ0) is 38.6. The van der Waals surface area contributed by atoms with Crippen molar-refractivity contribution < 1.29 is 8.83 Å². The first-order valence-corrected chi connectivity index (χ1v) is 22.4. The minimum absolute atomic E-state index is 0. The Morgan fingerprint density at radius 3 is 1.11 bits per heavy atom. The summed E-state index contributed by atoms with van der Waals surface area (Å²) in [5.41, 5.74) is 4.37. The molecule has 6 aromatic heterocycles. The minimum Gasteiger partial charge on any atom is -0.440 e. The topological polar surface area (TPSA) is 65.0 Å². The predicted octanol–water partition coefficient (Wildman–Crippen LogP) is 17.6. The number of thiazole rings is 1. The van der Waals surface area contributed by atoms with Gasteiger partial charge < -0.3 is 8.83 Å². The van der Waals surface area contributed by atoms with Crippen molar-refractivity contribution in [3.63, 3.8) is 0 Å². The number of thiophene rings is 3. The highest BCUT2D eigenvalue weighted by Crippen LogP contribution is 2.39. The fourth-order valence-corrected chi connectivity index (χ4v) is 10.4. The summed E-state index contributed by atoms with van der Waals surface area (Å²) in [6.45, 7) is 26.2. The van der Waals surface area contributed by atoms with E-state index in [-0.39, 0.29) is 26.7 Å². The molecule has 0 aliphatic heterocycles. The molecule has 0 radical (unpaired) electrons. The lowest BCUT2D eigenvalue weighted by molar-refractivity contribution is 0.501. The van der Waals surface area contributed by atoms with Gasteiger partial charge in [0.2, 0.25) is 0 Å². The average Bonchev–Trinajstić information content (AvgIpc) is 3.95. The summed E-state index contributed by atoms with van der Waals surface area (Å²) in [4.78, 5) is 18.1. The molecule has 56 heavy (non-hydrogen) atoms. The lowest BCUT2D eigenvalue weighted by Gasteiger charge is -1.96. The molecule has 9 rings (SSSR count). The molecule has 0 amide bonds. The van der Waals surface area contributed by atoms with Crippen molar-refractivity contribution in [2.45, 2.75) is 133 Å². The van der Waals surface area contributed by atoms with Crippen LogP contribution in [0.2, 0.25) is 0 Å². The molecule has 0 unspecified atom stereocenters. The molecule has 298 valence electrons. The normalized spacial score (nSPS) is 11.9. The van der Waals surface area contributed by atoms with Crippen molar-refractivity contribution in [2.75, 3.05) is 0 Å². The smallest absolute Gasteiger partial charge is 0.198 e. The fourth-order valence-electron chi connectivity index (χ4n) is 6.09. The molecular formula is C47H59N3O2S4. The van der Waals surface area contributed by atoms with E-state index in [1.54, 1.807) is 0 Å². The molecule has 0 aliphatic carbocycles. The van der Waals surface area contributed by atoms with Crippen LogP contribution in [0.25, 0.3) is 62.7 Å². The third-order valence-electron chi connectivity index (χ3n) is 9.38. The van der Waals surface area contributed by atoms with Gasteiger partial charge in [0.15, 0.2) is 22.9 Å². The molecule has 0 fully saturated rings. The molecule has 9 aromatic rings. The number of rotatable bonds is 6. The standard InChI is InChI=1S/C16H18S2.C15H17NS2.C14H16N2O2.2CH4/c1-9(2)13-5-11-7-16-12(8-15(11)17-13)6-14(18-16)10(3)4;1-8(2)12-5-10-6-14-11(7-13(10)17-12)16-15(18-14)9(3)4;1-7(2)13-15-9-5-12-10(6-11(9)17-13)16-14(18-12)8(3)4;;/h5-10H,1-4H3;5-9H,1-4H3;5-8H,1-4H3;2*1H4. The van der Waals surface area contributed by atoms with Gasteiger partial charge in [-0.15, -0.1) is 45.3 Å². The van der Waals surface area contributed by atoms with E-state index < -0.39 is 0 Å². The van der Waals surface area contributed by atoms with Gasteiger partial charge >= 0.3 is 0 Å². The monoisotopic (exact) mass is 825 g/mol. The second kappa shape index (κ2) is 17.5. The van der Waals surface area contributed by atoms with Crippen LogP contribution in [0.5, 0.6) is 0 Å². The molecule has 0 spiro atoms. The van der Waals surface area contributed by atoms with Crippen LogP contribution >= 0.6 is 45.3 Å². The van der Waals surface area contributed by atoms with Crippen LogP contribution < -0.4 is 0 Å². The summed E-state index contributed by atoms with van der Waals surface area (Å²) < 4.78 is 17.0. The first-order chi connectivity index (χ1) is 25.6. The van der Waals surface area contributed by atoms with Crippen molar-refractivity contribution in [1.29, 1.82) is 0 Å². The molecular weight excluding hydrogens is 767 g/mol. The molecule has 3 aromatic carbocycles. The lowest BCUT2D eigenvalue weighted by atomic mass is 10.1. The molecule has 9 heteroatoms. The average molecular weight is 826 g/mol. The maximum Gasteiger partial charge on any atom is 0.198 e. The van der Waals surface area contributed by atoms with Crippen LogP contribution in [0.4, 0.5) is 0 Å². The van der Waals surface area contributed by atoms with Crippen LogP contribution in [0.3, 0.4) is 0 Å². The van der Waals surface area contributed by atoms with E-state index in [4.69, 9.17) is 13.8 Å². The molecule has 0 saturated heterocycles. The Labute approximate surface area is 349 Å². The largest absolute Gasteiger partial charge is 0.440 e. The number of nitrogens with zero attached hydrogens (tertiary/aromatic N) is 3. The third-order valence-corrected chi connectivity index (χ3v) is 14.9. The Hall–Kier alpha value is -3.63. The van der Waals surface area contributed by atoms with Crippen LogP contribution in [0.1, 0.15) is 165 Å². The summed E-state index contributed by atoms with van der Waals surface area (Å²) in [7, 11) is 0. The number of hydrogen-bond acceptors (Lipinski definition) is 9. The van der Waals surface area contributed by atoms with Crippen molar-refractivity contribution in [1.82, 2.24) is 15.0 Å². The van der Waals surface area contributed by atoms with E-state index in [1.165, 1.54) is 54.6 Å².